The van der Waals surface area contributed by atoms with Crippen LogP contribution in [0.25, 0.3) is 0 Å². The van der Waals surface area contributed by atoms with Crippen molar-refractivity contribution in [3.63, 3.8) is 0 Å². The maximum atomic E-state index is 12.2. The van der Waals surface area contributed by atoms with E-state index < -0.39 is 16.0 Å². The molecule has 18 heavy (non-hydrogen) atoms. The summed E-state index contributed by atoms with van der Waals surface area (Å²) in [4.78, 5) is 10.7. The van der Waals surface area contributed by atoms with Gasteiger partial charge in [0.1, 0.15) is 4.90 Å². The van der Waals surface area contributed by atoms with Gasteiger partial charge in [-0.15, -0.1) is 0 Å². The van der Waals surface area contributed by atoms with Gasteiger partial charge in [-0.2, -0.15) is 4.31 Å². The zero-order valence-electron chi connectivity index (χ0n) is 10.4. The second kappa shape index (κ2) is 4.95. The van der Waals surface area contributed by atoms with Gasteiger partial charge >= 0.3 is 5.97 Å². The van der Waals surface area contributed by atoms with Gasteiger partial charge < -0.3 is 10.8 Å². The van der Waals surface area contributed by atoms with Crippen molar-refractivity contribution >= 4 is 21.7 Å². The maximum absolute atomic E-state index is 12.2. The molecule has 0 saturated heterocycles. The molecule has 7 heteroatoms. The average molecular weight is 272 g/mol. The molecule has 3 N–H and O–H groups in total. The van der Waals surface area contributed by atoms with Crippen LogP contribution in [0.3, 0.4) is 0 Å². The molecule has 0 spiro atoms. The summed E-state index contributed by atoms with van der Waals surface area (Å²) in [5.74, 6) is -1.15. The molecule has 0 radical (unpaired) electrons. The number of carboxylic acids is 1. The van der Waals surface area contributed by atoms with Crippen molar-refractivity contribution in [2.45, 2.75) is 24.8 Å². The molecule has 0 aliphatic rings. The number of nitrogen functional groups attached to an aromatic ring is 1. The molecule has 0 saturated carbocycles. The number of hydrogen-bond acceptors (Lipinski definition) is 4. The minimum atomic E-state index is -3.70. The lowest BCUT2D eigenvalue weighted by atomic mass is 10.2. The molecule has 100 valence electrons. The van der Waals surface area contributed by atoms with Crippen LogP contribution in [0.1, 0.15) is 24.2 Å². The SMILES string of the molecule is CC(C)N(C)S(=O)(=O)c1ccc(C(=O)O)cc1N. The van der Waals surface area contributed by atoms with Crippen LogP contribution in [0.5, 0.6) is 0 Å². The highest BCUT2D eigenvalue weighted by Gasteiger charge is 2.25. The third-order valence-corrected chi connectivity index (χ3v) is 4.75. The third-order valence-electron chi connectivity index (χ3n) is 2.64. The predicted molar refractivity (Wildman–Crippen MR) is 67.9 cm³/mol. The lowest BCUT2D eigenvalue weighted by molar-refractivity contribution is 0.0697. The molecular weight excluding hydrogens is 256 g/mol. The van der Waals surface area contributed by atoms with Gasteiger partial charge in [0.25, 0.3) is 0 Å². The van der Waals surface area contributed by atoms with Gasteiger partial charge in [-0.1, -0.05) is 0 Å². The van der Waals surface area contributed by atoms with Crippen molar-refractivity contribution in [3.05, 3.63) is 23.8 Å². The Bertz CT molecular complexity index is 566. The Kier molecular flexibility index (Phi) is 3.98. The third kappa shape index (κ3) is 2.62. The fourth-order valence-electron chi connectivity index (χ4n) is 1.35. The lowest BCUT2D eigenvalue weighted by Gasteiger charge is -2.21. The molecule has 1 aromatic rings. The second-order valence-electron chi connectivity index (χ2n) is 4.17. The maximum Gasteiger partial charge on any atom is 0.335 e. The molecule has 0 bridgehead atoms. The first-order chi connectivity index (χ1) is 8.17. The van der Waals surface area contributed by atoms with Gasteiger partial charge in [0.2, 0.25) is 10.0 Å². The molecule has 1 rings (SSSR count). The first-order valence-electron chi connectivity index (χ1n) is 5.28. The van der Waals surface area contributed by atoms with E-state index in [0.717, 1.165) is 6.07 Å². The molecule has 0 amide bonds. The number of benzene rings is 1. The smallest absolute Gasteiger partial charge is 0.335 e. The van der Waals surface area contributed by atoms with Crippen LogP contribution >= 0.6 is 0 Å². The Morgan fingerprint density at radius 1 is 1.39 bits per heavy atom. The molecule has 0 unspecified atom stereocenters. The van der Waals surface area contributed by atoms with Gasteiger partial charge in [-0.3, -0.25) is 0 Å². The van der Waals surface area contributed by atoms with Crippen LogP contribution in [0.15, 0.2) is 23.1 Å². The van der Waals surface area contributed by atoms with E-state index in [1.54, 1.807) is 13.8 Å². The number of rotatable bonds is 4. The minimum Gasteiger partial charge on any atom is -0.478 e. The molecule has 0 fully saturated rings. The van der Waals surface area contributed by atoms with Crippen LogP contribution in [0.4, 0.5) is 5.69 Å². The summed E-state index contributed by atoms with van der Waals surface area (Å²) < 4.78 is 25.5. The molecule has 0 aromatic heterocycles. The fraction of sp³-hybridized carbons (Fsp3) is 0.364. The largest absolute Gasteiger partial charge is 0.478 e. The minimum absolute atomic E-state index is 0.0429. The number of nitrogens with two attached hydrogens (primary N) is 1. The number of hydrogen-bond donors (Lipinski definition) is 2. The predicted octanol–water partition coefficient (Wildman–Crippen LogP) is 0.996. The van der Waals surface area contributed by atoms with Crippen molar-refractivity contribution in [1.29, 1.82) is 0 Å². The highest BCUT2D eigenvalue weighted by molar-refractivity contribution is 7.89. The Morgan fingerprint density at radius 3 is 2.33 bits per heavy atom. The van der Waals surface area contributed by atoms with E-state index in [4.69, 9.17) is 10.8 Å². The Hall–Kier alpha value is -1.60. The van der Waals surface area contributed by atoms with Crippen LogP contribution in [-0.2, 0) is 10.0 Å². The number of aromatic carboxylic acids is 1. The van der Waals surface area contributed by atoms with Crippen molar-refractivity contribution in [2.75, 3.05) is 12.8 Å². The van der Waals surface area contributed by atoms with E-state index in [2.05, 4.69) is 0 Å². The Balaban J connectivity index is 3.31. The fourth-order valence-corrected chi connectivity index (χ4v) is 2.81. The summed E-state index contributed by atoms with van der Waals surface area (Å²) in [5.41, 5.74) is 5.50. The highest BCUT2D eigenvalue weighted by Crippen LogP contribution is 2.23. The summed E-state index contributed by atoms with van der Waals surface area (Å²) >= 11 is 0. The lowest BCUT2D eigenvalue weighted by Crippen LogP contribution is -2.33. The highest BCUT2D eigenvalue weighted by atomic mass is 32.2. The van der Waals surface area contributed by atoms with E-state index in [1.807, 2.05) is 0 Å². The molecule has 0 aliphatic heterocycles. The summed E-state index contributed by atoms with van der Waals surface area (Å²) in [7, 11) is -2.25. The van der Waals surface area contributed by atoms with Crippen LogP contribution in [0.2, 0.25) is 0 Å². The Morgan fingerprint density at radius 2 is 1.94 bits per heavy atom. The average Bonchev–Trinajstić information content (AvgIpc) is 2.27. The number of carboxylic acid groups (broad SMARTS) is 1. The molecule has 6 nitrogen and oxygen atoms in total. The summed E-state index contributed by atoms with van der Waals surface area (Å²) in [6.07, 6.45) is 0. The summed E-state index contributed by atoms with van der Waals surface area (Å²) in [5, 5.41) is 8.78. The summed E-state index contributed by atoms with van der Waals surface area (Å²) in [6.45, 7) is 3.47. The van der Waals surface area contributed by atoms with E-state index in [0.29, 0.717) is 0 Å². The van der Waals surface area contributed by atoms with Gasteiger partial charge in [0, 0.05) is 13.1 Å². The van der Waals surface area contributed by atoms with Crippen molar-refractivity contribution < 1.29 is 18.3 Å². The van der Waals surface area contributed by atoms with Gasteiger partial charge in [0.15, 0.2) is 0 Å². The van der Waals surface area contributed by atoms with E-state index in [-0.39, 0.29) is 22.2 Å². The standard InChI is InChI=1S/C11H16N2O4S/c1-7(2)13(3)18(16,17)10-5-4-8(11(14)15)6-9(10)12/h4-7H,12H2,1-3H3,(H,14,15). The van der Waals surface area contributed by atoms with E-state index >= 15 is 0 Å². The number of anilines is 1. The first kappa shape index (κ1) is 14.5. The van der Waals surface area contributed by atoms with Gasteiger partial charge in [0.05, 0.1) is 11.3 Å². The molecular formula is C11H16N2O4S. The quantitative estimate of drug-likeness (QED) is 0.796. The number of sulfonamides is 1. The van der Waals surface area contributed by atoms with Gasteiger partial charge in [-0.25, -0.2) is 13.2 Å². The molecule has 1 aromatic carbocycles. The van der Waals surface area contributed by atoms with E-state index in [1.165, 1.54) is 23.5 Å². The van der Waals surface area contributed by atoms with Crippen molar-refractivity contribution in [1.82, 2.24) is 4.31 Å². The van der Waals surface area contributed by atoms with Crippen LogP contribution in [0, 0.1) is 0 Å². The first-order valence-corrected chi connectivity index (χ1v) is 6.72. The topological polar surface area (TPSA) is 101 Å². The van der Waals surface area contributed by atoms with E-state index in [9.17, 15) is 13.2 Å². The Labute approximate surface area is 106 Å². The number of nitrogens with zero attached hydrogens (tertiary/aromatic N) is 1. The normalized spacial score (nSPS) is 12.1. The second-order valence-corrected chi connectivity index (χ2v) is 6.14. The summed E-state index contributed by atoms with van der Waals surface area (Å²) in [6, 6.07) is 3.37. The van der Waals surface area contributed by atoms with Gasteiger partial charge in [-0.05, 0) is 32.0 Å². The molecule has 0 heterocycles. The van der Waals surface area contributed by atoms with Crippen molar-refractivity contribution in [3.8, 4) is 0 Å². The van der Waals surface area contributed by atoms with Crippen molar-refractivity contribution in [2.24, 2.45) is 0 Å². The zero-order valence-corrected chi connectivity index (χ0v) is 11.2. The molecule has 0 aliphatic carbocycles. The van der Waals surface area contributed by atoms with Crippen LogP contribution < -0.4 is 5.73 Å². The number of carbonyl (C=O) groups is 1. The van der Waals surface area contributed by atoms with Crippen LogP contribution in [-0.4, -0.2) is 36.9 Å². The molecule has 0 atom stereocenters. The monoisotopic (exact) mass is 272 g/mol. The zero-order chi connectivity index (χ0) is 14.1.